The number of benzene rings is 2. The summed E-state index contributed by atoms with van der Waals surface area (Å²) in [4.78, 5) is 19.0. The first kappa shape index (κ1) is 18.4. The van der Waals surface area contributed by atoms with Gasteiger partial charge in [-0.25, -0.2) is 0 Å². The molecule has 1 aromatic heterocycles. The first-order valence-electron chi connectivity index (χ1n) is 9.09. The van der Waals surface area contributed by atoms with E-state index >= 15 is 0 Å². The van der Waals surface area contributed by atoms with Crippen LogP contribution < -0.4 is 9.64 Å². The Morgan fingerprint density at radius 2 is 1.89 bits per heavy atom. The van der Waals surface area contributed by atoms with Crippen LogP contribution in [0.4, 0.5) is 5.69 Å². The summed E-state index contributed by atoms with van der Waals surface area (Å²) in [6.07, 6.45) is -0.641. The number of thioether (sulfide) groups is 1. The van der Waals surface area contributed by atoms with Gasteiger partial charge in [-0.05, 0) is 24.3 Å². The summed E-state index contributed by atoms with van der Waals surface area (Å²) >= 11 is 1.50. The standard InChI is InChI=1S/C21H20N4O2S/c1-4-28-21-22-19-18(23-24-21)16-11-7-8-12-17(16)25(14(3)26)20(27-19)15-10-6-5-9-13(15)2/h5-12,20H,4H2,1-3H3/t20-/m0/s1. The van der Waals surface area contributed by atoms with Crippen molar-refractivity contribution < 1.29 is 9.53 Å². The van der Waals surface area contributed by atoms with Gasteiger partial charge in [-0.3, -0.25) is 9.69 Å². The largest absolute Gasteiger partial charge is 0.447 e. The van der Waals surface area contributed by atoms with E-state index in [0.717, 1.165) is 28.1 Å². The van der Waals surface area contributed by atoms with Gasteiger partial charge >= 0.3 is 0 Å². The van der Waals surface area contributed by atoms with Crippen LogP contribution in [0.3, 0.4) is 0 Å². The van der Waals surface area contributed by atoms with Gasteiger partial charge in [0.25, 0.3) is 0 Å². The quantitative estimate of drug-likeness (QED) is 0.615. The van der Waals surface area contributed by atoms with Crippen LogP contribution in [-0.2, 0) is 4.79 Å². The number of nitrogens with zero attached hydrogens (tertiary/aromatic N) is 4. The van der Waals surface area contributed by atoms with Gasteiger partial charge in [-0.15, -0.1) is 10.2 Å². The Morgan fingerprint density at radius 1 is 1.14 bits per heavy atom. The Hall–Kier alpha value is -2.93. The van der Waals surface area contributed by atoms with Crippen molar-refractivity contribution in [1.82, 2.24) is 15.2 Å². The molecule has 1 atom stereocenters. The van der Waals surface area contributed by atoms with E-state index in [1.807, 2.05) is 62.4 Å². The third-order valence-corrected chi connectivity index (χ3v) is 5.30. The Morgan fingerprint density at radius 3 is 2.64 bits per heavy atom. The molecule has 0 N–H and O–H groups in total. The van der Waals surface area contributed by atoms with E-state index < -0.39 is 6.23 Å². The van der Waals surface area contributed by atoms with Crippen molar-refractivity contribution in [1.29, 1.82) is 0 Å². The molecule has 0 radical (unpaired) electrons. The predicted molar refractivity (Wildman–Crippen MR) is 109 cm³/mol. The van der Waals surface area contributed by atoms with E-state index in [9.17, 15) is 4.79 Å². The number of aryl methyl sites for hydroxylation is 1. The molecule has 1 amide bonds. The average Bonchev–Trinajstić information content (AvgIpc) is 2.83. The summed E-state index contributed by atoms with van der Waals surface area (Å²) in [5, 5.41) is 9.17. The van der Waals surface area contributed by atoms with Gasteiger partial charge in [0.05, 0.1) is 5.69 Å². The van der Waals surface area contributed by atoms with E-state index in [1.54, 1.807) is 11.8 Å². The van der Waals surface area contributed by atoms with Crippen LogP contribution in [0.1, 0.15) is 31.2 Å². The molecule has 142 valence electrons. The fraction of sp³-hybridized carbons (Fsp3) is 0.238. The third-order valence-electron chi connectivity index (χ3n) is 4.58. The molecule has 4 rings (SSSR count). The number of carbonyl (C=O) groups excluding carboxylic acids is 1. The second kappa shape index (κ2) is 7.59. The minimum absolute atomic E-state index is 0.121. The lowest BCUT2D eigenvalue weighted by Crippen LogP contribution is -2.36. The zero-order chi connectivity index (χ0) is 19.7. The summed E-state index contributed by atoms with van der Waals surface area (Å²) in [5.41, 5.74) is 3.98. The van der Waals surface area contributed by atoms with E-state index in [1.165, 1.54) is 11.8 Å². The molecule has 0 saturated carbocycles. The Kier molecular flexibility index (Phi) is 5.00. The number of para-hydroxylation sites is 1. The molecule has 2 aromatic carbocycles. The highest BCUT2D eigenvalue weighted by Crippen LogP contribution is 2.43. The lowest BCUT2D eigenvalue weighted by Gasteiger charge is -2.30. The second-order valence-electron chi connectivity index (χ2n) is 6.41. The highest BCUT2D eigenvalue weighted by atomic mass is 32.2. The van der Waals surface area contributed by atoms with Gasteiger partial charge in [0.2, 0.25) is 23.2 Å². The Balaban J connectivity index is 1.97. The predicted octanol–water partition coefficient (Wildman–Crippen LogP) is 4.40. The van der Waals surface area contributed by atoms with Gasteiger partial charge < -0.3 is 4.74 Å². The molecule has 2 heterocycles. The molecule has 6 nitrogen and oxygen atoms in total. The maximum atomic E-state index is 12.7. The Labute approximate surface area is 168 Å². The van der Waals surface area contributed by atoms with Gasteiger partial charge in [-0.2, -0.15) is 4.98 Å². The summed E-state index contributed by atoms with van der Waals surface area (Å²) in [5.74, 6) is 1.10. The maximum absolute atomic E-state index is 12.7. The summed E-state index contributed by atoms with van der Waals surface area (Å²) < 4.78 is 6.35. The zero-order valence-electron chi connectivity index (χ0n) is 15.9. The smallest absolute Gasteiger partial charge is 0.247 e. The number of fused-ring (bicyclic) bond motifs is 3. The number of hydrogen-bond donors (Lipinski definition) is 0. The lowest BCUT2D eigenvalue weighted by molar-refractivity contribution is -0.118. The number of hydrogen-bond acceptors (Lipinski definition) is 6. The van der Waals surface area contributed by atoms with E-state index in [4.69, 9.17) is 4.74 Å². The number of carbonyl (C=O) groups is 1. The van der Waals surface area contributed by atoms with Crippen LogP contribution in [0.5, 0.6) is 5.88 Å². The van der Waals surface area contributed by atoms with Crippen molar-refractivity contribution >= 4 is 23.4 Å². The maximum Gasteiger partial charge on any atom is 0.247 e. The van der Waals surface area contributed by atoms with E-state index in [2.05, 4.69) is 15.2 Å². The molecule has 7 heteroatoms. The van der Waals surface area contributed by atoms with Crippen LogP contribution in [-0.4, -0.2) is 26.8 Å². The van der Waals surface area contributed by atoms with Crippen LogP contribution in [0.2, 0.25) is 0 Å². The number of aromatic nitrogens is 3. The SMILES string of the molecule is CCSc1nnc2c(n1)O[C@@H](c1ccccc1C)N(C(C)=O)c1ccccc1-2. The molecule has 0 saturated heterocycles. The highest BCUT2D eigenvalue weighted by molar-refractivity contribution is 7.99. The fourth-order valence-corrected chi connectivity index (χ4v) is 3.81. The number of amides is 1. The van der Waals surface area contributed by atoms with Gasteiger partial charge in [0, 0.05) is 18.1 Å². The first-order valence-corrected chi connectivity index (χ1v) is 10.1. The van der Waals surface area contributed by atoms with Crippen LogP contribution in [0.25, 0.3) is 11.3 Å². The molecule has 0 spiro atoms. The number of ether oxygens (including phenoxy) is 1. The average molecular weight is 392 g/mol. The van der Waals surface area contributed by atoms with Crippen LogP contribution in [0, 0.1) is 6.92 Å². The Bertz CT molecular complexity index is 1040. The monoisotopic (exact) mass is 392 g/mol. The third kappa shape index (κ3) is 3.22. The minimum atomic E-state index is -0.641. The molecule has 28 heavy (non-hydrogen) atoms. The fourth-order valence-electron chi connectivity index (χ4n) is 3.31. The van der Waals surface area contributed by atoms with Gasteiger partial charge in [-0.1, -0.05) is 61.2 Å². The van der Waals surface area contributed by atoms with Crippen molar-refractivity contribution in [2.75, 3.05) is 10.7 Å². The lowest BCUT2D eigenvalue weighted by atomic mass is 10.0. The molecular weight excluding hydrogens is 372 g/mol. The van der Waals surface area contributed by atoms with Crippen molar-refractivity contribution in [3.8, 4) is 17.1 Å². The first-order chi connectivity index (χ1) is 13.6. The van der Waals surface area contributed by atoms with Crippen LogP contribution in [0.15, 0.2) is 53.7 Å². The zero-order valence-corrected chi connectivity index (χ0v) is 16.7. The normalized spacial score (nSPS) is 15.2. The summed E-state index contributed by atoms with van der Waals surface area (Å²) in [7, 11) is 0. The summed E-state index contributed by atoms with van der Waals surface area (Å²) in [6.45, 7) is 5.58. The van der Waals surface area contributed by atoms with Crippen molar-refractivity contribution in [2.24, 2.45) is 0 Å². The molecule has 1 aliphatic rings. The van der Waals surface area contributed by atoms with Crippen LogP contribution >= 0.6 is 11.8 Å². The van der Waals surface area contributed by atoms with Crippen molar-refractivity contribution in [3.05, 3.63) is 59.7 Å². The van der Waals surface area contributed by atoms with E-state index in [-0.39, 0.29) is 5.91 Å². The molecule has 0 bridgehead atoms. The topological polar surface area (TPSA) is 68.2 Å². The minimum Gasteiger partial charge on any atom is -0.447 e. The molecular formula is C21H20N4O2S. The number of anilines is 1. The second-order valence-corrected chi connectivity index (χ2v) is 7.65. The highest BCUT2D eigenvalue weighted by Gasteiger charge is 2.35. The molecule has 0 aliphatic carbocycles. The van der Waals surface area contributed by atoms with E-state index in [0.29, 0.717) is 16.7 Å². The van der Waals surface area contributed by atoms with Crippen molar-refractivity contribution in [2.45, 2.75) is 32.2 Å². The van der Waals surface area contributed by atoms with Crippen molar-refractivity contribution in [3.63, 3.8) is 0 Å². The molecule has 3 aromatic rings. The van der Waals surface area contributed by atoms with Gasteiger partial charge in [0.15, 0.2) is 5.69 Å². The summed E-state index contributed by atoms with van der Waals surface area (Å²) in [6, 6.07) is 15.5. The molecule has 0 fully saturated rings. The number of rotatable bonds is 3. The molecule has 1 aliphatic heterocycles. The van der Waals surface area contributed by atoms with Gasteiger partial charge in [0.1, 0.15) is 0 Å². The molecule has 0 unspecified atom stereocenters.